The molecule has 4 heteroatoms. The fourth-order valence-corrected chi connectivity index (χ4v) is 2.46. The summed E-state index contributed by atoms with van der Waals surface area (Å²) in [6.07, 6.45) is 0. The second kappa shape index (κ2) is 5.98. The van der Waals surface area contributed by atoms with Crippen molar-refractivity contribution >= 4 is 11.3 Å². The molecule has 0 unspecified atom stereocenters. The SMILES string of the molecule is COc1ccc(CN[C@H](C)c2cccs2)c(F)c1. The molecule has 0 saturated carbocycles. The number of halogens is 1. The van der Waals surface area contributed by atoms with E-state index in [0.717, 1.165) is 0 Å². The van der Waals surface area contributed by atoms with Gasteiger partial charge in [-0.25, -0.2) is 4.39 Å². The van der Waals surface area contributed by atoms with Crippen LogP contribution in [0.1, 0.15) is 23.4 Å². The van der Waals surface area contributed by atoms with Gasteiger partial charge in [-0.3, -0.25) is 0 Å². The van der Waals surface area contributed by atoms with Gasteiger partial charge in [-0.15, -0.1) is 11.3 Å². The van der Waals surface area contributed by atoms with E-state index in [9.17, 15) is 4.39 Å². The zero-order valence-corrected chi connectivity index (χ0v) is 11.3. The molecule has 1 N–H and O–H groups in total. The van der Waals surface area contributed by atoms with Crippen molar-refractivity contribution < 1.29 is 9.13 Å². The molecule has 0 spiro atoms. The molecule has 0 amide bonds. The summed E-state index contributed by atoms with van der Waals surface area (Å²) in [5.41, 5.74) is 0.652. The van der Waals surface area contributed by atoms with Crippen molar-refractivity contribution in [2.45, 2.75) is 19.5 Å². The van der Waals surface area contributed by atoms with Gasteiger partial charge in [0.1, 0.15) is 11.6 Å². The van der Waals surface area contributed by atoms with Crippen LogP contribution in [0.2, 0.25) is 0 Å². The highest BCUT2D eigenvalue weighted by atomic mass is 32.1. The second-order valence-corrected chi connectivity index (χ2v) is 5.05. The largest absolute Gasteiger partial charge is 0.497 e. The summed E-state index contributed by atoms with van der Waals surface area (Å²) in [7, 11) is 1.53. The Labute approximate surface area is 110 Å². The Morgan fingerprint density at radius 2 is 2.22 bits per heavy atom. The van der Waals surface area contributed by atoms with Crippen LogP contribution in [0.3, 0.4) is 0 Å². The molecular weight excluding hydrogens is 249 g/mol. The molecule has 1 heterocycles. The number of hydrogen-bond donors (Lipinski definition) is 1. The van der Waals surface area contributed by atoms with Crippen molar-refractivity contribution in [3.05, 3.63) is 52.0 Å². The molecule has 1 atom stereocenters. The Morgan fingerprint density at radius 3 is 2.83 bits per heavy atom. The van der Waals surface area contributed by atoms with Crippen LogP contribution in [0.5, 0.6) is 5.75 Å². The number of methoxy groups -OCH3 is 1. The molecule has 1 aromatic heterocycles. The van der Waals surface area contributed by atoms with E-state index in [4.69, 9.17) is 4.74 Å². The maximum Gasteiger partial charge on any atom is 0.131 e. The van der Waals surface area contributed by atoms with Gasteiger partial charge in [0, 0.05) is 29.1 Å². The van der Waals surface area contributed by atoms with Crippen molar-refractivity contribution in [2.75, 3.05) is 7.11 Å². The summed E-state index contributed by atoms with van der Waals surface area (Å²) in [4.78, 5) is 1.25. The van der Waals surface area contributed by atoms with E-state index in [2.05, 4.69) is 18.3 Å². The lowest BCUT2D eigenvalue weighted by molar-refractivity contribution is 0.410. The number of ether oxygens (including phenoxy) is 1. The fraction of sp³-hybridized carbons (Fsp3) is 0.286. The maximum atomic E-state index is 13.7. The van der Waals surface area contributed by atoms with Crippen LogP contribution in [0.15, 0.2) is 35.7 Å². The molecule has 0 aliphatic carbocycles. The molecule has 96 valence electrons. The summed E-state index contributed by atoms with van der Waals surface area (Å²) >= 11 is 1.70. The van der Waals surface area contributed by atoms with E-state index in [1.54, 1.807) is 23.5 Å². The molecule has 0 saturated heterocycles. The molecule has 2 aromatic rings. The Kier molecular flexibility index (Phi) is 4.33. The summed E-state index contributed by atoms with van der Waals surface area (Å²) in [5.74, 6) is 0.308. The molecule has 0 fully saturated rings. The van der Waals surface area contributed by atoms with E-state index in [1.807, 2.05) is 11.4 Å². The highest BCUT2D eigenvalue weighted by Gasteiger charge is 2.08. The summed E-state index contributed by atoms with van der Waals surface area (Å²) in [6.45, 7) is 2.59. The Morgan fingerprint density at radius 1 is 1.39 bits per heavy atom. The molecule has 0 radical (unpaired) electrons. The molecule has 0 aliphatic rings. The van der Waals surface area contributed by atoms with Crippen LogP contribution in [-0.2, 0) is 6.54 Å². The van der Waals surface area contributed by atoms with Crippen LogP contribution < -0.4 is 10.1 Å². The average molecular weight is 265 g/mol. The smallest absolute Gasteiger partial charge is 0.131 e. The van der Waals surface area contributed by atoms with Crippen molar-refractivity contribution in [3.8, 4) is 5.75 Å². The third-order valence-corrected chi connectivity index (χ3v) is 3.88. The predicted molar refractivity (Wildman–Crippen MR) is 72.5 cm³/mol. The van der Waals surface area contributed by atoms with E-state index in [0.29, 0.717) is 17.9 Å². The van der Waals surface area contributed by atoms with Gasteiger partial charge in [0.25, 0.3) is 0 Å². The quantitative estimate of drug-likeness (QED) is 0.889. The minimum absolute atomic E-state index is 0.228. The molecular formula is C14H16FNOS. The molecule has 2 nitrogen and oxygen atoms in total. The third kappa shape index (κ3) is 3.09. The first-order valence-corrected chi connectivity index (χ1v) is 6.68. The van der Waals surface area contributed by atoms with Crippen LogP contribution >= 0.6 is 11.3 Å². The van der Waals surface area contributed by atoms with Crippen molar-refractivity contribution in [3.63, 3.8) is 0 Å². The number of hydrogen-bond acceptors (Lipinski definition) is 3. The normalized spacial score (nSPS) is 12.4. The first-order chi connectivity index (χ1) is 8.70. The molecule has 0 bridgehead atoms. The first kappa shape index (κ1) is 13.1. The van der Waals surface area contributed by atoms with E-state index < -0.39 is 0 Å². The maximum absolute atomic E-state index is 13.7. The van der Waals surface area contributed by atoms with Crippen molar-refractivity contribution in [1.29, 1.82) is 0 Å². The second-order valence-electron chi connectivity index (χ2n) is 4.08. The lowest BCUT2D eigenvalue weighted by Crippen LogP contribution is -2.17. The van der Waals surface area contributed by atoms with Crippen LogP contribution in [0.4, 0.5) is 4.39 Å². The van der Waals surface area contributed by atoms with Gasteiger partial charge in [0.2, 0.25) is 0 Å². The topological polar surface area (TPSA) is 21.3 Å². The first-order valence-electron chi connectivity index (χ1n) is 5.80. The standard InChI is InChI=1S/C14H16FNOS/c1-10(14-4-3-7-18-14)16-9-11-5-6-12(17-2)8-13(11)15/h3-8,10,16H,9H2,1-2H3/t10-/m1/s1. The molecule has 1 aromatic carbocycles. The molecule has 18 heavy (non-hydrogen) atoms. The summed E-state index contributed by atoms with van der Waals surface area (Å²) in [6, 6.07) is 9.26. The minimum Gasteiger partial charge on any atom is -0.497 e. The van der Waals surface area contributed by atoms with Crippen LogP contribution in [-0.4, -0.2) is 7.11 Å². The number of rotatable bonds is 5. The van der Waals surface area contributed by atoms with Gasteiger partial charge >= 0.3 is 0 Å². The number of nitrogens with one attached hydrogen (secondary N) is 1. The Bertz CT molecular complexity index is 499. The molecule has 2 rings (SSSR count). The zero-order chi connectivity index (χ0) is 13.0. The Balaban J connectivity index is 1.98. The monoisotopic (exact) mass is 265 g/mol. The van der Waals surface area contributed by atoms with E-state index in [-0.39, 0.29) is 11.9 Å². The lowest BCUT2D eigenvalue weighted by atomic mass is 10.2. The lowest BCUT2D eigenvalue weighted by Gasteiger charge is -2.13. The zero-order valence-electron chi connectivity index (χ0n) is 10.4. The van der Waals surface area contributed by atoms with Gasteiger partial charge in [-0.05, 0) is 24.4 Å². The fourth-order valence-electron chi connectivity index (χ4n) is 1.70. The van der Waals surface area contributed by atoms with Gasteiger partial charge in [-0.1, -0.05) is 12.1 Å². The van der Waals surface area contributed by atoms with Crippen molar-refractivity contribution in [2.24, 2.45) is 0 Å². The highest BCUT2D eigenvalue weighted by Crippen LogP contribution is 2.20. The van der Waals surface area contributed by atoms with Crippen LogP contribution in [0, 0.1) is 5.82 Å². The predicted octanol–water partition coefficient (Wildman–Crippen LogP) is 3.75. The number of thiophene rings is 1. The average Bonchev–Trinajstić information content (AvgIpc) is 2.90. The Hall–Kier alpha value is -1.39. The van der Waals surface area contributed by atoms with Gasteiger partial charge in [0.15, 0.2) is 0 Å². The molecule has 0 aliphatic heterocycles. The highest BCUT2D eigenvalue weighted by molar-refractivity contribution is 7.10. The van der Waals surface area contributed by atoms with Gasteiger partial charge in [0.05, 0.1) is 7.11 Å². The summed E-state index contributed by atoms with van der Waals surface area (Å²) < 4.78 is 18.7. The van der Waals surface area contributed by atoms with Crippen LogP contribution in [0.25, 0.3) is 0 Å². The number of benzene rings is 1. The third-order valence-electron chi connectivity index (χ3n) is 2.83. The van der Waals surface area contributed by atoms with Gasteiger partial charge in [-0.2, -0.15) is 0 Å². The van der Waals surface area contributed by atoms with E-state index >= 15 is 0 Å². The van der Waals surface area contributed by atoms with Gasteiger partial charge < -0.3 is 10.1 Å². The van der Waals surface area contributed by atoms with E-state index in [1.165, 1.54) is 18.1 Å². The van der Waals surface area contributed by atoms with Crippen molar-refractivity contribution in [1.82, 2.24) is 5.32 Å². The summed E-state index contributed by atoms with van der Waals surface area (Å²) in [5, 5.41) is 5.35. The minimum atomic E-state index is -0.236.